The van der Waals surface area contributed by atoms with E-state index in [4.69, 9.17) is 10.3 Å². The van der Waals surface area contributed by atoms with Crippen LogP contribution in [0, 0.1) is 12.8 Å². The number of nitrogens with two attached hydrogens (primary N) is 1. The van der Waals surface area contributed by atoms with E-state index >= 15 is 0 Å². The number of nitrogens with zero attached hydrogens (tertiary/aromatic N) is 1. The van der Waals surface area contributed by atoms with Crippen molar-refractivity contribution in [3.8, 4) is 0 Å². The molecule has 1 saturated heterocycles. The normalized spacial score (nSPS) is 23.8. The predicted molar refractivity (Wildman–Crippen MR) is 70.2 cm³/mol. The van der Waals surface area contributed by atoms with E-state index in [-0.39, 0.29) is 18.4 Å². The van der Waals surface area contributed by atoms with Crippen LogP contribution in [0.3, 0.4) is 0 Å². The van der Waals surface area contributed by atoms with Gasteiger partial charge in [-0.25, -0.2) is 5.84 Å². The van der Waals surface area contributed by atoms with E-state index in [1.54, 1.807) is 6.07 Å². The van der Waals surface area contributed by atoms with Crippen molar-refractivity contribution >= 4 is 5.91 Å². The van der Waals surface area contributed by atoms with Gasteiger partial charge in [0.15, 0.2) is 5.76 Å². The maximum Gasteiger partial charge on any atom is 0.300 e. The minimum absolute atomic E-state index is 0.161. The minimum Gasteiger partial charge on any atom is -0.456 e. The maximum atomic E-state index is 11.4. The molecule has 2 heterocycles. The molecule has 1 aliphatic rings. The number of amides is 1. The van der Waals surface area contributed by atoms with Crippen LogP contribution in [-0.2, 0) is 6.54 Å². The fourth-order valence-electron chi connectivity index (χ4n) is 2.66. The highest BCUT2D eigenvalue weighted by atomic mass is 16.4. The fraction of sp³-hybridized carbons (Fsp3) is 0.615. The van der Waals surface area contributed by atoms with E-state index in [2.05, 4.69) is 17.2 Å². The van der Waals surface area contributed by atoms with Crippen LogP contribution in [0.25, 0.3) is 0 Å². The number of nitrogens with one attached hydrogen (secondary N) is 1. The molecule has 2 atom stereocenters. The molecule has 1 aromatic heterocycles. The molecule has 0 aromatic carbocycles. The zero-order chi connectivity index (χ0) is 14.0. The summed E-state index contributed by atoms with van der Waals surface area (Å²) >= 11 is 0. The molecule has 0 radical (unpaired) electrons. The van der Waals surface area contributed by atoms with E-state index in [1.165, 1.54) is 0 Å². The zero-order valence-corrected chi connectivity index (χ0v) is 11.3. The van der Waals surface area contributed by atoms with Crippen molar-refractivity contribution < 1.29 is 14.3 Å². The van der Waals surface area contributed by atoms with Crippen molar-refractivity contribution in [2.75, 3.05) is 13.2 Å². The maximum absolute atomic E-state index is 11.4. The average molecular weight is 267 g/mol. The lowest BCUT2D eigenvalue weighted by atomic mass is 10.0. The second-order valence-electron chi connectivity index (χ2n) is 5.15. The molecule has 1 amide bonds. The predicted octanol–water partition coefficient (Wildman–Crippen LogP) is 0.394. The van der Waals surface area contributed by atoms with Gasteiger partial charge in [-0.05, 0) is 31.9 Å². The molecule has 1 fully saturated rings. The molecule has 0 spiro atoms. The van der Waals surface area contributed by atoms with Gasteiger partial charge in [0.2, 0.25) is 0 Å². The highest BCUT2D eigenvalue weighted by Gasteiger charge is 2.31. The number of carbonyl (C=O) groups is 1. The molecule has 6 heteroatoms. The van der Waals surface area contributed by atoms with Crippen molar-refractivity contribution in [1.82, 2.24) is 10.3 Å². The lowest BCUT2D eigenvalue weighted by Gasteiger charge is -2.24. The number of hydrogen-bond acceptors (Lipinski definition) is 5. The van der Waals surface area contributed by atoms with Gasteiger partial charge in [-0.3, -0.25) is 15.1 Å². The van der Waals surface area contributed by atoms with Gasteiger partial charge in [0.1, 0.15) is 5.76 Å². The van der Waals surface area contributed by atoms with Crippen molar-refractivity contribution in [3.05, 3.63) is 23.2 Å². The second-order valence-corrected chi connectivity index (χ2v) is 5.15. The number of rotatable bonds is 4. The Labute approximate surface area is 112 Å². The summed E-state index contributed by atoms with van der Waals surface area (Å²) in [7, 11) is 0. The first-order valence-corrected chi connectivity index (χ1v) is 6.52. The lowest BCUT2D eigenvalue weighted by molar-refractivity contribution is 0.0924. The van der Waals surface area contributed by atoms with E-state index in [9.17, 15) is 9.90 Å². The molecule has 2 unspecified atom stereocenters. The quantitative estimate of drug-likeness (QED) is 0.417. The summed E-state index contributed by atoms with van der Waals surface area (Å²) in [4.78, 5) is 13.6. The number of hydrazine groups is 1. The highest BCUT2D eigenvalue weighted by molar-refractivity contribution is 5.91. The molecule has 4 N–H and O–H groups in total. The van der Waals surface area contributed by atoms with E-state index in [0.29, 0.717) is 12.5 Å². The number of aliphatic hydroxyl groups excluding tert-OH is 1. The van der Waals surface area contributed by atoms with Crippen molar-refractivity contribution in [2.24, 2.45) is 11.8 Å². The Morgan fingerprint density at radius 2 is 2.42 bits per heavy atom. The molecular weight excluding hydrogens is 246 g/mol. The summed E-state index contributed by atoms with van der Waals surface area (Å²) < 4.78 is 5.39. The number of likely N-dealkylation sites (tertiary alicyclic amines) is 1. The Morgan fingerprint density at radius 3 is 3.05 bits per heavy atom. The molecule has 0 saturated carbocycles. The van der Waals surface area contributed by atoms with E-state index < -0.39 is 5.91 Å². The standard InChI is InChI=1S/C13H21N3O3/c1-8-3-4-16(11(8)7-17)6-10-5-12(13(18)15-14)19-9(10)2/h5,8,11,17H,3-4,6-7,14H2,1-2H3,(H,15,18). The Balaban J connectivity index is 2.11. The molecular formula is C13H21N3O3. The van der Waals surface area contributed by atoms with Crippen molar-refractivity contribution in [2.45, 2.75) is 32.9 Å². The zero-order valence-electron chi connectivity index (χ0n) is 11.3. The third kappa shape index (κ3) is 2.80. The Morgan fingerprint density at radius 1 is 1.68 bits per heavy atom. The van der Waals surface area contributed by atoms with Crippen LogP contribution in [0.5, 0.6) is 0 Å². The monoisotopic (exact) mass is 267 g/mol. The Bertz CT molecular complexity index is 458. The van der Waals surface area contributed by atoms with Gasteiger partial charge in [0.05, 0.1) is 6.61 Å². The van der Waals surface area contributed by atoms with Gasteiger partial charge >= 0.3 is 5.91 Å². The SMILES string of the molecule is Cc1oc(C(=O)NN)cc1CN1CCC(C)C1CO. The van der Waals surface area contributed by atoms with Crippen LogP contribution < -0.4 is 11.3 Å². The third-order valence-corrected chi connectivity index (χ3v) is 3.93. The number of hydrogen-bond donors (Lipinski definition) is 3. The van der Waals surface area contributed by atoms with Crippen LogP contribution >= 0.6 is 0 Å². The summed E-state index contributed by atoms with van der Waals surface area (Å²) in [6.07, 6.45) is 1.08. The first-order chi connectivity index (χ1) is 9.06. The molecule has 1 aliphatic heterocycles. The van der Waals surface area contributed by atoms with Gasteiger partial charge in [0.25, 0.3) is 0 Å². The number of aryl methyl sites for hydroxylation is 1. The van der Waals surface area contributed by atoms with Crippen LogP contribution in [0.2, 0.25) is 0 Å². The number of carbonyl (C=O) groups excluding carboxylic acids is 1. The van der Waals surface area contributed by atoms with Crippen LogP contribution in [0.15, 0.2) is 10.5 Å². The summed E-state index contributed by atoms with van der Waals surface area (Å²) in [6.45, 7) is 5.78. The summed E-state index contributed by atoms with van der Waals surface area (Å²) in [6, 6.07) is 1.90. The lowest BCUT2D eigenvalue weighted by Crippen LogP contribution is -2.34. The second kappa shape index (κ2) is 5.73. The molecule has 6 nitrogen and oxygen atoms in total. The third-order valence-electron chi connectivity index (χ3n) is 3.93. The fourth-order valence-corrected chi connectivity index (χ4v) is 2.66. The van der Waals surface area contributed by atoms with Gasteiger partial charge in [-0.1, -0.05) is 6.92 Å². The Hall–Kier alpha value is -1.37. The van der Waals surface area contributed by atoms with E-state index in [1.807, 2.05) is 6.92 Å². The summed E-state index contributed by atoms with van der Waals surface area (Å²) in [5.74, 6) is 6.09. The average Bonchev–Trinajstić information content (AvgIpc) is 2.93. The minimum atomic E-state index is -0.428. The van der Waals surface area contributed by atoms with Gasteiger partial charge in [0, 0.05) is 18.2 Å². The summed E-state index contributed by atoms with van der Waals surface area (Å²) in [5.41, 5.74) is 3.02. The molecule has 0 aliphatic carbocycles. The first kappa shape index (κ1) is 14.0. The van der Waals surface area contributed by atoms with Gasteiger partial charge in [-0.2, -0.15) is 0 Å². The van der Waals surface area contributed by atoms with Crippen LogP contribution in [0.1, 0.15) is 35.2 Å². The molecule has 1 aromatic rings. The molecule has 19 heavy (non-hydrogen) atoms. The van der Waals surface area contributed by atoms with Gasteiger partial charge in [-0.15, -0.1) is 0 Å². The molecule has 2 rings (SSSR count). The number of aliphatic hydroxyl groups is 1. The molecule has 0 bridgehead atoms. The summed E-state index contributed by atoms with van der Waals surface area (Å²) in [5, 5.41) is 9.44. The highest BCUT2D eigenvalue weighted by Crippen LogP contribution is 2.27. The van der Waals surface area contributed by atoms with E-state index in [0.717, 1.165) is 24.3 Å². The largest absolute Gasteiger partial charge is 0.456 e. The van der Waals surface area contributed by atoms with Crippen LogP contribution in [0.4, 0.5) is 0 Å². The first-order valence-electron chi connectivity index (χ1n) is 6.52. The smallest absolute Gasteiger partial charge is 0.300 e. The Kier molecular flexibility index (Phi) is 4.24. The molecule has 106 valence electrons. The topological polar surface area (TPSA) is 91.7 Å². The number of nitrogen functional groups attached to an aromatic ring is 1. The van der Waals surface area contributed by atoms with Crippen molar-refractivity contribution in [3.63, 3.8) is 0 Å². The van der Waals surface area contributed by atoms with Crippen LogP contribution in [-0.4, -0.2) is 35.1 Å². The number of furan rings is 1. The van der Waals surface area contributed by atoms with Crippen molar-refractivity contribution in [1.29, 1.82) is 0 Å². The van der Waals surface area contributed by atoms with Gasteiger partial charge < -0.3 is 9.52 Å².